The summed E-state index contributed by atoms with van der Waals surface area (Å²) in [5.74, 6) is 0.541. The Balaban J connectivity index is 1.88. The van der Waals surface area contributed by atoms with E-state index >= 15 is 0 Å². The summed E-state index contributed by atoms with van der Waals surface area (Å²) >= 11 is 3.49. The highest BCUT2D eigenvalue weighted by molar-refractivity contribution is 14.1. The van der Waals surface area contributed by atoms with Gasteiger partial charge >= 0.3 is 0 Å². The lowest BCUT2D eigenvalue weighted by Gasteiger charge is -2.07. The number of anilines is 2. The average molecular weight is 452 g/mol. The van der Waals surface area contributed by atoms with Crippen molar-refractivity contribution in [3.8, 4) is 11.5 Å². The number of halogens is 2. The Kier molecular flexibility index (Phi) is 3.93. The largest absolute Gasteiger partial charge is 0.421 e. The van der Waals surface area contributed by atoms with E-state index in [0.717, 1.165) is 19.4 Å². The van der Waals surface area contributed by atoms with Crippen LogP contribution in [-0.2, 0) is 0 Å². The molecule has 4 rings (SSSR count). The third-order valence-corrected chi connectivity index (χ3v) is 5.09. The van der Waals surface area contributed by atoms with Gasteiger partial charge in [0.25, 0.3) is 5.89 Å². The van der Waals surface area contributed by atoms with Gasteiger partial charge in [-0.25, -0.2) is 9.37 Å². The molecule has 0 aliphatic rings. The van der Waals surface area contributed by atoms with Crippen LogP contribution in [0.15, 0.2) is 40.9 Å². The number of hydrogen-bond donors (Lipinski definition) is 1. The first kappa shape index (κ1) is 15.5. The highest BCUT2D eigenvalue weighted by Gasteiger charge is 2.20. The van der Waals surface area contributed by atoms with Crippen LogP contribution in [0.5, 0.6) is 0 Å². The summed E-state index contributed by atoms with van der Waals surface area (Å²) in [5.41, 5.74) is 1.13. The smallest absolute Gasteiger partial charge is 0.251 e. The van der Waals surface area contributed by atoms with Gasteiger partial charge in [-0.3, -0.25) is 0 Å². The Bertz CT molecular complexity index is 1050. The molecule has 1 N–H and O–H groups in total. The van der Waals surface area contributed by atoms with Gasteiger partial charge in [0.05, 0.1) is 11.3 Å². The number of thiophene rings is 1. The standard InChI is InChI=1S/C16H10FIN4OS/c1-8-21-22-14(23-8)13-10-3-2-6-19-15(10)24-16(13)20-12-5-4-9(18)7-11(12)17/h2-7,20H,1H3. The van der Waals surface area contributed by atoms with Crippen molar-refractivity contribution in [2.45, 2.75) is 6.92 Å². The van der Waals surface area contributed by atoms with E-state index in [1.54, 1.807) is 19.2 Å². The summed E-state index contributed by atoms with van der Waals surface area (Å²) < 4.78 is 20.6. The van der Waals surface area contributed by atoms with Crippen LogP contribution >= 0.6 is 33.9 Å². The predicted molar refractivity (Wildman–Crippen MR) is 100 cm³/mol. The number of aryl methyl sites for hydroxylation is 1. The summed E-state index contributed by atoms with van der Waals surface area (Å²) in [4.78, 5) is 5.18. The molecule has 8 heteroatoms. The zero-order valence-corrected chi connectivity index (χ0v) is 15.4. The quantitative estimate of drug-likeness (QED) is 0.436. The highest BCUT2D eigenvalue weighted by atomic mass is 127. The monoisotopic (exact) mass is 452 g/mol. The van der Waals surface area contributed by atoms with Crippen molar-refractivity contribution in [3.63, 3.8) is 0 Å². The van der Waals surface area contributed by atoms with Gasteiger partial charge in [0, 0.05) is 22.1 Å². The molecule has 0 bridgehead atoms. The molecule has 5 nitrogen and oxygen atoms in total. The van der Waals surface area contributed by atoms with E-state index in [-0.39, 0.29) is 5.82 Å². The Morgan fingerprint density at radius 1 is 1.25 bits per heavy atom. The molecule has 1 aromatic carbocycles. The molecule has 3 aromatic heterocycles. The first-order valence-corrected chi connectivity index (χ1v) is 8.91. The Morgan fingerprint density at radius 2 is 2.12 bits per heavy atom. The van der Waals surface area contributed by atoms with E-state index in [2.05, 4.69) is 43.1 Å². The van der Waals surface area contributed by atoms with Crippen LogP contribution in [0.25, 0.3) is 21.7 Å². The summed E-state index contributed by atoms with van der Waals surface area (Å²) in [6.45, 7) is 1.73. The lowest BCUT2D eigenvalue weighted by atomic mass is 10.2. The van der Waals surface area contributed by atoms with Crippen LogP contribution in [0.1, 0.15) is 5.89 Å². The topological polar surface area (TPSA) is 63.8 Å². The molecular formula is C16H10FIN4OS. The number of pyridine rings is 1. The predicted octanol–water partition coefficient (Wildman–Crippen LogP) is 5.14. The van der Waals surface area contributed by atoms with Crippen LogP contribution in [-0.4, -0.2) is 15.2 Å². The van der Waals surface area contributed by atoms with E-state index in [4.69, 9.17) is 4.42 Å². The molecule has 0 saturated heterocycles. The second kappa shape index (κ2) is 6.10. The number of rotatable bonds is 3. The summed E-state index contributed by atoms with van der Waals surface area (Å²) in [7, 11) is 0. The lowest BCUT2D eigenvalue weighted by Crippen LogP contribution is -1.94. The number of hydrogen-bond acceptors (Lipinski definition) is 6. The lowest BCUT2D eigenvalue weighted by molar-refractivity contribution is 0.533. The van der Waals surface area contributed by atoms with Gasteiger partial charge in [-0.1, -0.05) is 11.3 Å². The molecule has 4 aromatic rings. The molecule has 0 fully saturated rings. The Morgan fingerprint density at radius 3 is 2.88 bits per heavy atom. The Labute approximate surface area is 154 Å². The molecule has 0 spiro atoms. The molecule has 0 unspecified atom stereocenters. The zero-order valence-electron chi connectivity index (χ0n) is 12.4. The molecule has 0 saturated carbocycles. The van der Waals surface area contributed by atoms with Crippen LogP contribution in [0, 0.1) is 16.3 Å². The van der Waals surface area contributed by atoms with Crippen molar-refractivity contribution >= 4 is 54.8 Å². The second-order valence-corrected chi connectivity index (χ2v) is 7.28. The van der Waals surface area contributed by atoms with Crippen molar-refractivity contribution in [1.29, 1.82) is 0 Å². The first-order valence-electron chi connectivity index (χ1n) is 7.02. The second-order valence-electron chi connectivity index (χ2n) is 5.04. The minimum absolute atomic E-state index is 0.319. The first-order chi connectivity index (χ1) is 11.6. The van der Waals surface area contributed by atoms with Crippen molar-refractivity contribution in [2.75, 3.05) is 5.32 Å². The summed E-state index contributed by atoms with van der Waals surface area (Å²) in [5, 5.41) is 12.7. The number of aromatic nitrogens is 3. The van der Waals surface area contributed by atoms with Crippen molar-refractivity contribution in [1.82, 2.24) is 15.2 Å². The minimum Gasteiger partial charge on any atom is -0.421 e. The molecule has 3 heterocycles. The number of fused-ring (bicyclic) bond motifs is 1. The van der Waals surface area contributed by atoms with Gasteiger partial charge in [0.1, 0.15) is 15.6 Å². The van der Waals surface area contributed by atoms with Gasteiger partial charge in [-0.05, 0) is 52.9 Å². The van der Waals surface area contributed by atoms with Crippen LogP contribution in [0.4, 0.5) is 15.1 Å². The van der Waals surface area contributed by atoms with Gasteiger partial charge in [-0.2, -0.15) is 0 Å². The van der Waals surface area contributed by atoms with Crippen LogP contribution in [0.2, 0.25) is 0 Å². The van der Waals surface area contributed by atoms with Crippen LogP contribution in [0.3, 0.4) is 0 Å². The van der Waals surface area contributed by atoms with Gasteiger partial charge in [0.2, 0.25) is 5.89 Å². The van der Waals surface area contributed by atoms with Gasteiger partial charge in [0.15, 0.2) is 0 Å². The van der Waals surface area contributed by atoms with E-state index in [1.807, 2.05) is 18.2 Å². The van der Waals surface area contributed by atoms with Crippen molar-refractivity contribution < 1.29 is 8.81 Å². The van der Waals surface area contributed by atoms with Gasteiger partial charge in [-0.15, -0.1) is 10.2 Å². The van der Waals surface area contributed by atoms with E-state index in [9.17, 15) is 4.39 Å². The highest BCUT2D eigenvalue weighted by Crippen LogP contribution is 2.42. The number of nitrogens with zero attached hydrogens (tertiary/aromatic N) is 3. The van der Waals surface area contributed by atoms with Crippen LogP contribution < -0.4 is 5.32 Å². The third-order valence-electron chi connectivity index (χ3n) is 3.39. The molecule has 0 aliphatic heterocycles. The fraction of sp³-hybridized carbons (Fsp3) is 0.0625. The molecule has 24 heavy (non-hydrogen) atoms. The maximum absolute atomic E-state index is 14.2. The number of benzene rings is 1. The van der Waals surface area contributed by atoms with Gasteiger partial charge < -0.3 is 9.73 Å². The molecular weight excluding hydrogens is 442 g/mol. The minimum atomic E-state index is -0.319. The zero-order chi connectivity index (χ0) is 16.7. The fourth-order valence-corrected chi connectivity index (χ4v) is 3.84. The maximum Gasteiger partial charge on any atom is 0.251 e. The van der Waals surface area contributed by atoms with E-state index < -0.39 is 0 Å². The van der Waals surface area contributed by atoms with Crippen molar-refractivity contribution in [2.24, 2.45) is 0 Å². The summed E-state index contributed by atoms with van der Waals surface area (Å²) in [6, 6.07) is 8.80. The van der Waals surface area contributed by atoms with E-state index in [1.165, 1.54) is 17.4 Å². The summed E-state index contributed by atoms with van der Waals surface area (Å²) in [6.07, 6.45) is 1.72. The fourth-order valence-electron chi connectivity index (χ4n) is 2.34. The molecule has 0 radical (unpaired) electrons. The average Bonchev–Trinajstić information content (AvgIpc) is 3.13. The third kappa shape index (κ3) is 2.75. The van der Waals surface area contributed by atoms with Crippen molar-refractivity contribution in [3.05, 3.63) is 51.8 Å². The normalized spacial score (nSPS) is 11.1. The number of nitrogens with one attached hydrogen (secondary N) is 1. The molecule has 0 atom stereocenters. The maximum atomic E-state index is 14.2. The molecule has 0 amide bonds. The van der Waals surface area contributed by atoms with E-state index in [0.29, 0.717) is 22.5 Å². The molecule has 0 aliphatic carbocycles. The Hall–Kier alpha value is -2.07. The SMILES string of the molecule is Cc1nnc(-c2c(Nc3ccc(I)cc3F)sc3ncccc23)o1. The molecule has 120 valence electrons.